The standard InChI is InChI=1S/C15H22BrFO/c1-3-4-5-6-7-12(2)11-18-15-9-8-13(16)10-14(15)17/h8-10,12H,3-7,11H2,1-2H3. The van der Waals surface area contributed by atoms with Gasteiger partial charge >= 0.3 is 0 Å². The zero-order valence-electron chi connectivity index (χ0n) is 11.2. The lowest BCUT2D eigenvalue weighted by atomic mass is 10.0. The average Bonchev–Trinajstić information content (AvgIpc) is 2.33. The molecule has 0 spiro atoms. The zero-order chi connectivity index (χ0) is 13.4. The topological polar surface area (TPSA) is 9.23 Å². The third kappa shape index (κ3) is 5.85. The first kappa shape index (κ1) is 15.5. The fraction of sp³-hybridized carbons (Fsp3) is 0.600. The van der Waals surface area contributed by atoms with Gasteiger partial charge < -0.3 is 4.74 Å². The van der Waals surface area contributed by atoms with Crippen molar-refractivity contribution in [1.29, 1.82) is 0 Å². The van der Waals surface area contributed by atoms with Gasteiger partial charge in [0, 0.05) is 4.47 Å². The Morgan fingerprint density at radius 1 is 1.28 bits per heavy atom. The molecule has 0 aliphatic rings. The summed E-state index contributed by atoms with van der Waals surface area (Å²) < 4.78 is 19.7. The molecule has 102 valence electrons. The Bertz CT molecular complexity index is 354. The number of ether oxygens (including phenoxy) is 1. The Morgan fingerprint density at radius 2 is 2.06 bits per heavy atom. The molecular weight excluding hydrogens is 295 g/mol. The fourth-order valence-corrected chi connectivity index (χ4v) is 2.16. The van der Waals surface area contributed by atoms with Crippen molar-refractivity contribution in [1.82, 2.24) is 0 Å². The molecule has 1 atom stereocenters. The molecule has 1 aromatic rings. The number of rotatable bonds is 8. The van der Waals surface area contributed by atoms with E-state index in [1.807, 2.05) is 0 Å². The molecule has 1 unspecified atom stereocenters. The summed E-state index contributed by atoms with van der Waals surface area (Å²) in [5, 5.41) is 0. The van der Waals surface area contributed by atoms with Gasteiger partial charge in [0.1, 0.15) is 0 Å². The van der Waals surface area contributed by atoms with E-state index in [9.17, 15) is 4.39 Å². The molecule has 0 heterocycles. The van der Waals surface area contributed by atoms with E-state index < -0.39 is 0 Å². The van der Waals surface area contributed by atoms with E-state index in [0.717, 1.165) is 10.9 Å². The number of halogens is 2. The zero-order valence-corrected chi connectivity index (χ0v) is 12.8. The monoisotopic (exact) mass is 316 g/mol. The second-order valence-electron chi connectivity index (χ2n) is 4.84. The van der Waals surface area contributed by atoms with E-state index in [1.54, 1.807) is 12.1 Å². The van der Waals surface area contributed by atoms with Crippen molar-refractivity contribution in [2.75, 3.05) is 6.61 Å². The van der Waals surface area contributed by atoms with Crippen molar-refractivity contribution >= 4 is 15.9 Å². The number of hydrogen-bond donors (Lipinski definition) is 0. The van der Waals surface area contributed by atoms with Gasteiger partial charge in [0.2, 0.25) is 0 Å². The van der Waals surface area contributed by atoms with Gasteiger partial charge in [-0.1, -0.05) is 55.5 Å². The molecular formula is C15H22BrFO. The van der Waals surface area contributed by atoms with E-state index in [-0.39, 0.29) is 5.82 Å². The number of unbranched alkanes of at least 4 members (excludes halogenated alkanes) is 3. The minimum Gasteiger partial charge on any atom is -0.490 e. The van der Waals surface area contributed by atoms with Crippen LogP contribution in [0.2, 0.25) is 0 Å². The van der Waals surface area contributed by atoms with Crippen LogP contribution in [-0.4, -0.2) is 6.61 Å². The predicted molar refractivity (Wildman–Crippen MR) is 77.5 cm³/mol. The Kier molecular flexibility index (Phi) is 7.33. The Morgan fingerprint density at radius 3 is 2.72 bits per heavy atom. The van der Waals surface area contributed by atoms with Crippen LogP contribution >= 0.6 is 15.9 Å². The van der Waals surface area contributed by atoms with Crippen LogP contribution in [-0.2, 0) is 0 Å². The molecule has 0 amide bonds. The maximum Gasteiger partial charge on any atom is 0.166 e. The van der Waals surface area contributed by atoms with E-state index in [0.29, 0.717) is 18.3 Å². The maximum atomic E-state index is 13.5. The van der Waals surface area contributed by atoms with Gasteiger partial charge in [-0.2, -0.15) is 0 Å². The lowest BCUT2D eigenvalue weighted by molar-refractivity contribution is 0.239. The summed E-state index contributed by atoms with van der Waals surface area (Å²) in [5.74, 6) is 0.520. The molecule has 0 saturated heterocycles. The van der Waals surface area contributed by atoms with E-state index in [4.69, 9.17) is 4.74 Å². The molecule has 0 N–H and O–H groups in total. The van der Waals surface area contributed by atoms with Crippen molar-refractivity contribution in [3.63, 3.8) is 0 Å². The first-order valence-electron chi connectivity index (χ1n) is 6.71. The summed E-state index contributed by atoms with van der Waals surface area (Å²) in [6.07, 6.45) is 6.23. The van der Waals surface area contributed by atoms with Crippen LogP contribution in [0.4, 0.5) is 4.39 Å². The average molecular weight is 317 g/mol. The lowest BCUT2D eigenvalue weighted by Gasteiger charge is -2.13. The van der Waals surface area contributed by atoms with Crippen LogP contribution in [0.25, 0.3) is 0 Å². The van der Waals surface area contributed by atoms with E-state index >= 15 is 0 Å². The van der Waals surface area contributed by atoms with Crippen molar-refractivity contribution in [3.05, 3.63) is 28.5 Å². The van der Waals surface area contributed by atoms with Crippen LogP contribution in [0, 0.1) is 11.7 Å². The normalized spacial score (nSPS) is 12.4. The van der Waals surface area contributed by atoms with Crippen molar-refractivity contribution in [3.8, 4) is 5.75 Å². The second-order valence-corrected chi connectivity index (χ2v) is 5.76. The summed E-state index contributed by atoms with van der Waals surface area (Å²) in [5.41, 5.74) is 0. The highest BCUT2D eigenvalue weighted by Gasteiger charge is 2.07. The molecule has 0 aliphatic carbocycles. The quantitative estimate of drug-likeness (QED) is 0.569. The fourth-order valence-electron chi connectivity index (χ4n) is 1.83. The first-order valence-corrected chi connectivity index (χ1v) is 7.50. The Hall–Kier alpha value is -0.570. The number of benzene rings is 1. The molecule has 1 rings (SSSR count). The van der Waals surface area contributed by atoms with Crippen LogP contribution in [0.5, 0.6) is 5.75 Å². The molecule has 0 saturated carbocycles. The predicted octanol–water partition coefficient (Wildman–Crippen LogP) is 5.57. The molecule has 0 radical (unpaired) electrons. The smallest absolute Gasteiger partial charge is 0.166 e. The van der Waals surface area contributed by atoms with Crippen LogP contribution in [0.3, 0.4) is 0 Å². The summed E-state index contributed by atoms with van der Waals surface area (Å²) in [4.78, 5) is 0. The van der Waals surface area contributed by atoms with Gasteiger partial charge in [0.15, 0.2) is 11.6 Å². The summed E-state index contributed by atoms with van der Waals surface area (Å²) >= 11 is 3.23. The van der Waals surface area contributed by atoms with Gasteiger partial charge in [0.25, 0.3) is 0 Å². The first-order chi connectivity index (χ1) is 8.63. The molecule has 1 aromatic carbocycles. The van der Waals surface area contributed by atoms with E-state index in [1.165, 1.54) is 31.7 Å². The molecule has 1 nitrogen and oxygen atoms in total. The third-order valence-electron chi connectivity index (χ3n) is 2.97. The van der Waals surface area contributed by atoms with Gasteiger partial charge in [-0.15, -0.1) is 0 Å². The second kappa shape index (κ2) is 8.52. The molecule has 0 fully saturated rings. The Labute approximate surface area is 118 Å². The van der Waals surface area contributed by atoms with Crippen molar-refractivity contribution < 1.29 is 9.13 Å². The van der Waals surface area contributed by atoms with Gasteiger partial charge in [-0.25, -0.2) is 4.39 Å². The van der Waals surface area contributed by atoms with Crippen LogP contribution < -0.4 is 4.74 Å². The Balaban J connectivity index is 2.27. The molecule has 0 aliphatic heterocycles. The van der Waals surface area contributed by atoms with Gasteiger partial charge in [-0.3, -0.25) is 0 Å². The minimum atomic E-state index is -0.303. The largest absolute Gasteiger partial charge is 0.490 e. The highest BCUT2D eigenvalue weighted by atomic mass is 79.9. The lowest BCUT2D eigenvalue weighted by Crippen LogP contribution is -2.09. The van der Waals surface area contributed by atoms with Crippen LogP contribution in [0.15, 0.2) is 22.7 Å². The van der Waals surface area contributed by atoms with E-state index in [2.05, 4.69) is 29.8 Å². The molecule has 18 heavy (non-hydrogen) atoms. The van der Waals surface area contributed by atoms with Gasteiger partial charge in [-0.05, 0) is 30.5 Å². The minimum absolute atomic E-state index is 0.303. The van der Waals surface area contributed by atoms with Crippen LogP contribution in [0.1, 0.15) is 46.0 Å². The highest BCUT2D eigenvalue weighted by molar-refractivity contribution is 9.10. The van der Waals surface area contributed by atoms with Crippen molar-refractivity contribution in [2.24, 2.45) is 5.92 Å². The van der Waals surface area contributed by atoms with Gasteiger partial charge in [0.05, 0.1) is 6.61 Å². The number of hydrogen-bond acceptors (Lipinski definition) is 1. The highest BCUT2D eigenvalue weighted by Crippen LogP contribution is 2.22. The summed E-state index contributed by atoms with van der Waals surface area (Å²) in [6.45, 7) is 4.95. The third-order valence-corrected chi connectivity index (χ3v) is 3.46. The maximum absolute atomic E-state index is 13.5. The molecule has 0 bridgehead atoms. The summed E-state index contributed by atoms with van der Waals surface area (Å²) in [7, 11) is 0. The molecule has 3 heteroatoms. The van der Waals surface area contributed by atoms with Crippen molar-refractivity contribution in [2.45, 2.75) is 46.0 Å². The SMILES string of the molecule is CCCCCCC(C)COc1ccc(Br)cc1F. The summed E-state index contributed by atoms with van der Waals surface area (Å²) in [6, 6.07) is 4.90. The molecule has 0 aromatic heterocycles.